The van der Waals surface area contributed by atoms with Crippen molar-refractivity contribution in [2.75, 3.05) is 24.6 Å². The third-order valence-electron chi connectivity index (χ3n) is 5.17. The monoisotopic (exact) mass is 423 g/mol. The van der Waals surface area contributed by atoms with Crippen molar-refractivity contribution in [1.82, 2.24) is 19.9 Å². The lowest BCUT2D eigenvalue weighted by molar-refractivity contribution is 0.00595. The predicted octanol–water partition coefficient (Wildman–Crippen LogP) is 3.41. The van der Waals surface area contributed by atoms with Gasteiger partial charge in [-0.3, -0.25) is 0 Å². The number of piperazine rings is 1. The van der Waals surface area contributed by atoms with Crippen LogP contribution < -0.4 is 9.64 Å². The van der Waals surface area contributed by atoms with Crippen molar-refractivity contribution in [2.24, 2.45) is 0 Å². The first kappa shape index (κ1) is 19.9. The first-order chi connectivity index (χ1) is 13.7. The number of hydrogen-bond acceptors (Lipinski definition) is 7. The molecule has 29 heavy (non-hydrogen) atoms. The summed E-state index contributed by atoms with van der Waals surface area (Å²) in [7, 11) is 0. The second-order valence-corrected chi connectivity index (χ2v) is 8.52. The van der Waals surface area contributed by atoms with Gasteiger partial charge in [-0.15, -0.1) is 0 Å². The quantitative estimate of drug-likeness (QED) is 0.650. The zero-order valence-electron chi connectivity index (χ0n) is 16.8. The van der Waals surface area contributed by atoms with Crippen LogP contribution in [0.15, 0.2) is 6.33 Å². The fraction of sp³-hybridized carbons (Fsp3) is 0.579. The fourth-order valence-electron chi connectivity index (χ4n) is 3.98. The van der Waals surface area contributed by atoms with Crippen LogP contribution in [-0.2, 0) is 4.74 Å². The topological polar surface area (TPSA) is 80.7 Å². The molecule has 0 saturated carbocycles. The van der Waals surface area contributed by atoms with Crippen LogP contribution in [0.3, 0.4) is 0 Å². The Morgan fingerprint density at radius 1 is 1.38 bits per heavy atom. The smallest absolute Gasteiger partial charge is 0.410 e. The summed E-state index contributed by atoms with van der Waals surface area (Å²) < 4.78 is 26.0. The number of pyridine rings is 1. The Balaban J connectivity index is 1.74. The maximum absolute atomic E-state index is 14.5. The third kappa shape index (κ3) is 3.41. The lowest BCUT2D eigenvalue weighted by atomic mass is 9.99. The molecule has 1 amide bonds. The van der Waals surface area contributed by atoms with E-state index in [1.165, 1.54) is 6.33 Å². The zero-order chi connectivity index (χ0) is 20.9. The van der Waals surface area contributed by atoms with Gasteiger partial charge < -0.3 is 19.3 Å². The maximum Gasteiger partial charge on any atom is 0.410 e. The number of aromatic nitrogens is 3. The summed E-state index contributed by atoms with van der Waals surface area (Å²) in [6.45, 7) is 8.74. The molecule has 10 heteroatoms. The van der Waals surface area contributed by atoms with Gasteiger partial charge in [-0.05, 0) is 27.2 Å². The van der Waals surface area contributed by atoms with E-state index in [9.17, 15) is 9.18 Å². The van der Waals surface area contributed by atoms with E-state index in [0.717, 1.165) is 0 Å². The van der Waals surface area contributed by atoms with Crippen molar-refractivity contribution in [3.8, 4) is 5.88 Å². The number of carbonyl (C=O) groups is 1. The molecular weight excluding hydrogens is 401 g/mol. The number of halogens is 2. The number of amides is 1. The molecular formula is C19H23ClFN5O3. The molecule has 0 N–H and O–H groups in total. The number of ether oxygens (including phenoxy) is 2. The van der Waals surface area contributed by atoms with Crippen molar-refractivity contribution in [1.29, 1.82) is 0 Å². The zero-order valence-corrected chi connectivity index (χ0v) is 17.5. The van der Waals surface area contributed by atoms with Crippen LogP contribution in [0, 0.1) is 5.82 Å². The van der Waals surface area contributed by atoms with Gasteiger partial charge in [0.2, 0.25) is 5.88 Å². The van der Waals surface area contributed by atoms with Crippen molar-refractivity contribution >= 4 is 34.4 Å². The Hall–Kier alpha value is -2.42. The molecule has 1 fully saturated rings. The van der Waals surface area contributed by atoms with Gasteiger partial charge in [0.15, 0.2) is 11.0 Å². The highest BCUT2D eigenvalue weighted by Crippen LogP contribution is 2.39. The summed E-state index contributed by atoms with van der Waals surface area (Å²) >= 11 is 5.93. The molecule has 2 aromatic rings. The van der Waals surface area contributed by atoms with E-state index in [-0.39, 0.29) is 41.3 Å². The largest absolute Gasteiger partial charge is 0.475 e. The molecule has 156 valence electrons. The molecule has 1 saturated heterocycles. The Morgan fingerprint density at radius 3 is 2.83 bits per heavy atom. The molecule has 0 radical (unpaired) electrons. The van der Waals surface area contributed by atoms with E-state index < -0.39 is 11.4 Å². The van der Waals surface area contributed by atoms with Gasteiger partial charge in [-0.2, -0.15) is 4.98 Å². The predicted molar refractivity (Wildman–Crippen MR) is 106 cm³/mol. The highest BCUT2D eigenvalue weighted by Gasteiger charge is 2.43. The minimum absolute atomic E-state index is 0.0771. The number of hydrogen-bond donors (Lipinski definition) is 0. The fourth-order valence-corrected chi connectivity index (χ4v) is 4.15. The average Bonchev–Trinajstić information content (AvgIpc) is 2.82. The van der Waals surface area contributed by atoms with E-state index >= 15 is 0 Å². The van der Waals surface area contributed by atoms with Gasteiger partial charge in [-0.1, -0.05) is 18.5 Å². The summed E-state index contributed by atoms with van der Waals surface area (Å²) in [6, 6.07) is -0.367. The number of rotatable bonds is 1. The summed E-state index contributed by atoms with van der Waals surface area (Å²) in [5.41, 5.74) is -0.507. The van der Waals surface area contributed by atoms with Crippen molar-refractivity contribution in [2.45, 2.75) is 51.8 Å². The van der Waals surface area contributed by atoms with E-state index in [4.69, 9.17) is 21.1 Å². The molecule has 0 bridgehead atoms. The first-order valence-electron chi connectivity index (χ1n) is 9.60. The standard InChI is InChI=1S/C19H23ClFN5O3/c1-5-10-11-8-28-17-12-14(13(21)15(20)24-17)22-9-23-16(12)25(11)6-7-26(10)18(27)29-19(2,3)4/h9-11H,5-8H2,1-4H3/t10-,11+/m0/s1. The highest BCUT2D eigenvalue weighted by atomic mass is 35.5. The normalized spacial score (nSPS) is 21.4. The third-order valence-corrected chi connectivity index (χ3v) is 5.42. The molecule has 2 aliphatic rings. The van der Waals surface area contributed by atoms with Crippen molar-refractivity contribution < 1.29 is 18.7 Å². The molecule has 4 heterocycles. The Kier molecular flexibility index (Phi) is 4.88. The van der Waals surface area contributed by atoms with E-state index in [1.807, 2.05) is 32.6 Å². The number of nitrogens with zero attached hydrogens (tertiary/aromatic N) is 5. The SMILES string of the molecule is CC[C@H]1[C@H]2COc3nc(Cl)c(F)c4ncnc(c34)N2CCN1C(=O)OC(C)(C)C. The van der Waals surface area contributed by atoms with Crippen LogP contribution >= 0.6 is 11.6 Å². The van der Waals surface area contributed by atoms with E-state index in [0.29, 0.717) is 30.7 Å². The van der Waals surface area contributed by atoms with Gasteiger partial charge in [-0.25, -0.2) is 19.2 Å². The van der Waals surface area contributed by atoms with Crippen molar-refractivity contribution in [3.63, 3.8) is 0 Å². The lowest BCUT2D eigenvalue weighted by Gasteiger charge is -2.46. The van der Waals surface area contributed by atoms with Gasteiger partial charge in [0.05, 0.1) is 12.1 Å². The van der Waals surface area contributed by atoms with Crippen LogP contribution in [0.2, 0.25) is 5.15 Å². The Bertz CT molecular complexity index is 967. The van der Waals surface area contributed by atoms with Gasteiger partial charge in [0, 0.05) is 13.1 Å². The number of fused-ring (bicyclic) bond motifs is 2. The summed E-state index contributed by atoms with van der Waals surface area (Å²) in [6.07, 6.45) is 1.65. The molecule has 8 nitrogen and oxygen atoms in total. The molecule has 2 atom stereocenters. The summed E-state index contributed by atoms with van der Waals surface area (Å²) in [5, 5.41) is 0.108. The molecule has 0 spiro atoms. The first-order valence-corrected chi connectivity index (χ1v) is 9.97. The summed E-state index contributed by atoms with van der Waals surface area (Å²) in [5.74, 6) is 0.0449. The minimum Gasteiger partial charge on any atom is -0.475 e. The Morgan fingerprint density at radius 2 is 2.14 bits per heavy atom. The molecule has 4 rings (SSSR count). The Labute approximate surface area is 173 Å². The van der Waals surface area contributed by atoms with Crippen LogP contribution in [0.4, 0.5) is 15.0 Å². The molecule has 2 aliphatic heterocycles. The van der Waals surface area contributed by atoms with Crippen LogP contribution in [0.5, 0.6) is 5.88 Å². The maximum atomic E-state index is 14.5. The van der Waals surface area contributed by atoms with Crippen LogP contribution in [0.1, 0.15) is 34.1 Å². The van der Waals surface area contributed by atoms with Crippen LogP contribution in [0.25, 0.3) is 10.9 Å². The lowest BCUT2D eigenvalue weighted by Crippen LogP contribution is -2.63. The second kappa shape index (κ2) is 7.12. The van der Waals surface area contributed by atoms with E-state index in [2.05, 4.69) is 15.0 Å². The molecule has 0 aliphatic carbocycles. The van der Waals surface area contributed by atoms with E-state index in [1.54, 1.807) is 4.90 Å². The van der Waals surface area contributed by atoms with Crippen LogP contribution in [-0.4, -0.2) is 63.3 Å². The van der Waals surface area contributed by atoms with Gasteiger partial charge in [0.25, 0.3) is 0 Å². The second-order valence-electron chi connectivity index (χ2n) is 8.16. The summed E-state index contributed by atoms with van der Waals surface area (Å²) in [4.78, 5) is 29.1. The van der Waals surface area contributed by atoms with Gasteiger partial charge in [0.1, 0.15) is 35.3 Å². The minimum atomic E-state index is -0.699. The van der Waals surface area contributed by atoms with Gasteiger partial charge >= 0.3 is 6.09 Å². The molecule has 0 unspecified atom stereocenters. The van der Waals surface area contributed by atoms with Crippen molar-refractivity contribution in [3.05, 3.63) is 17.3 Å². The molecule has 2 aromatic heterocycles. The number of anilines is 1. The highest BCUT2D eigenvalue weighted by molar-refractivity contribution is 6.30. The number of carbonyl (C=O) groups excluding carboxylic acids is 1. The average molecular weight is 424 g/mol. The molecule has 0 aromatic carbocycles.